The Kier molecular flexibility index (Phi) is 6.33. The molecule has 1 aliphatic carbocycles. The SMILES string of the molecule is CC(C)=C/C(=N\Nc1ccc(C(=O)O)cc1C(=O)O)C1CCCCC1. The summed E-state index contributed by atoms with van der Waals surface area (Å²) in [6.07, 6.45) is 7.77. The number of hydrogen-bond donors (Lipinski definition) is 3. The Morgan fingerprint density at radius 3 is 2.36 bits per heavy atom. The van der Waals surface area contributed by atoms with Crippen LogP contribution in [0.3, 0.4) is 0 Å². The number of hydrazone groups is 1. The van der Waals surface area contributed by atoms with Crippen LogP contribution in [0.15, 0.2) is 34.9 Å². The van der Waals surface area contributed by atoms with E-state index in [1.807, 2.05) is 19.9 Å². The molecule has 134 valence electrons. The average molecular weight is 344 g/mol. The first kappa shape index (κ1) is 18.7. The summed E-state index contributed by atoms with van der Waals surface area (Å²) < 4.78 is 0. The number of carboxylic acid groups (broad SMARTS) is 2. The van der Waals surface area contributed by atoms with Gasteiger partial charge in [-0.2, -0.15) is 5.10 Å². The molecule has 6 nitrogen and oxygen atoms in total. The summed E-state index contributed by atoms with van der Waals surface area (Å²) in [5, 5.41) is 22.8. The van der Waals surface area contributed by atoms with E-state index in [0.717, 1.165) is 30.2 Å². The third kappa shape index (κ3) is 5.17. The van der Waals surface area contributed by atoms with Crippen LogP contribution in [0.25, 0.3) is 0 Å². The Morgan fingerprint density at radius 2 is 1.80 bits per heavy atom. The Labute approximate surface area is 147 Å². The van der Waals surface area contributed by atoms with E-state index in [-0.39, 0.29) is 16.8 Å². The van der Waals surface area contributed by atoms with Crippen molar-refractivity contribution in [3.05, 3.63) is 41.0 Å². The normalized spacial score (nSPS) is 15.5. The van der Waals surface area contributed by atoms with Crippen LogP contribution < -0.4 is 5.43 Å². The molecule has 1 aliphatic rings. The van der Waals surface area contributed by atoms with E-state index in [0.29, 0.717) is 5.92 Å². The molecule has 0 bridgehead atoms. The second kappa shape index (κ2) is 8.46. The van der Waals surface area contributed by atoms with E-state index in [1.54, 1.807) is 0 Å². The summed E-state index contributed by atoms with van der Waals surface area (Å²) in [5.41, 5.74) is 4.99. The lowest BCUT2D eigenvalue weighted by Gasteiger charge is -2.22. The molecule has 0 atom stereocenters. The van der Waals surface area contributed by atoms with Crippen LogP contribution in [0.1, 0.15) is 66.7 Å². The highest BCUT2D eigenvalue weighted by Gasteiger charge is 2.19. The lowest BCUT2D eigenvalue weighted by Crippen LogP contribution is -2.18. The van der Waals surface area contributed by atoms with E-state index in [4.69, 9.17) is 5.11 Å². The molecule has 0 aliphatic heterocycles. The van der Waals surface area contributed by atoms with Gasteiger partial charge < -0.3 is 10.2 Å². The molecule has 1 saturated carbocycles. The van der Waals surface area contributed by atoms with Crippen molar-refractivity contribution in [2.24, 2.45) is 11.0 Å². The van der Waals surface area contributed by atoms with E-state index < -0.39 is 11.9 Å². The highest BCUT2D eigenvalue weighted by molar-refractivity contribution is 6.00. The van der Waals surface area contributed by atoms with Gasteiger partial charge in [0.05, 0.1) is 22.5 Å². The number of rotatable bonds is 6. The molecule has 0 unspecified atom stereocenters. The van der Waals surface area contributed by atoms with Gasteiger partial charge in [0.25, 0.3) is 0 Å². The molecule has 0 saturated heterocycles. The van der Waals surface area contributed by atoms with Crippen molar-refractivity contribution in [1.82, 2.24) is 0 Å². The van der Waals surface area contributed by atoms with Crippen LogP contribution in [0, 0.1) is 5.92 Å². The zero-order valence-electron chi connectivity index (χ0n) is 14.6. The maximum Gasteiger partial charge on any atom is 0.337 e. The molecular weight excluding hydrogens is 320 g/mol. The van der Waals surface area contributed by atoms with Crippen molar-refractivity contribution in [3.8, 4) is 0 Å². The Balaban J connectivity index is 2.31. The van der Waals surface area contributed by atoms with Crippen LogP contribution in [0.2, 0.25) is 0 Å². The van der Waals surface area contributed by atoms with E-state index in [1.165, 1.54) is 31.4 Å². The van der Waals surface area contributed by atoms with Crippen molar-refractivity contribution in [3.63, 3.8) is 0 Å². The molecule has 0 aromatic heterocycles. The molecule has 3 N–H and O–H groups in total. The Hall–Kier alpha value is -2.63. The predicted octanol–water partition coefficient (Wildman–Crippen LogP) is 4.40. The van der Waals surface area contributed by atoms with Gasteiger partial charge in [-0.3, -0.25) is 5.43 Å². The summed E-state index contributed by atoms with van der Waals surface area (Å²) in [6.45, 7) is 4.01. The highest BCUT2D eigenvalue weighted by Crippen LogP contribution is 2.26. The van der Waals surface area contributed by atoms with Crippen LogP contribution in [0.5, 0.6) is 0 Å². The smallest absolute Gasteiger partial charge is 0.337 e. The lowest BCUT2D eigenvalue weighted by atomic mass is 9.85. The molecule has 0 amide bonds. The quantitative estimate of drug-likeness (QED) is 0.525. The van der Waals surface area contributed by atoms with E-state index in [9.17, 15) is 14.7 Å². The fourth-order valence-corrected chi connectivity index (χ4v) is 3.01. The zero-order chi connectivity index (χ0) is 18.4. The molecular formula is C19H24N2O4. The summed E-state index contributed by atoms with van der Waals surface area (Å²) in [6, 6.07) is 3.95. The largest absolute Gasteiger partial charge is 0.478 e. The molecule has 1 aromatic rings. The topological polar surface area (TPSA) is 99.0 Å². The lowest BCUT2D eigenvalue weighted by molar-refractivity contribution is 0.0696. The fourth-order valence-electron chi connectivity index (χ4n) is 3.01. The minimum absolute atomic E-state index is 0.0660. The molecule has 0 radical (unpaired) electrons. The van der Waals surface area contributed by atoms with Gasteiger partial charge in [0.2, 0.25) is 0 Å². The van der Waals surface area contributed by atoms with Crippen molar-refractivity contribution in [2.75, 3.05) is 5.43 Å². The van der Waals surface area contributed by atoms with Crippen molar-refractivity contribution in [2.45, 2.75) is 46.0 Å². The number of aromatic carboxylic acids is 2. The van der Waals surface area contributed by atoms with Gasteiger partial charge in [0.1, 0.15) is 0 Å². The second-order valence-electron chi connectivity index (χ2n) is 6.58. The monoisotopic (exact) mass is 344 g/mol. The van der Waals surface area contributed by atoms with Crippen LogP contribution in [-0.4, -0.2) is 27.9 Å². The number of anilines is 1. The van der Waals surface area contributed by atoms with Crippen LogP contribution in [-0.2, 0) is 0 Å². The van der Waals surface area contributed by atoms with Gasteiger partial charge in [0.15, 0.2) is 0 Å². The van der Waals surface area contributed by atoms with Gasteiger partial charge in [-0.15, -0.1) is 0 Å². The minimum atomic E-state index is -1.19. The summed E-state index contributed by atoms with van der Waals surface area (Å²) in [7, 11) is 0. The van der Waals surface area contributed by atoms with Gasteiger partial charge in [-0.25, -0.2) is 9.59 Å². The first-order valence-corrected chi connectivity index (χ1v) is 8.47. The standard InChI is InChI=1S/C19H24N2O4/c1-12(2)10-17(13-6-4-3-5-7-13)21-20-16-9-8-14(18(22)23)11-15(16)19(24)25/h8-11,13,20H,3-7H2,1-2H3,(H,22,23)(H,24,25)/b21-17+. The molecule has 2 rings (SSSR count). The molecule has 0 spiro atoms. The third-order valence-electron chi connectivity index (χ3n) is 4.26. The number of nitrogens with zero attached hydrogens (tertiary/aromatic N) is 1. The summed E-state index contributed by atoms with van der Waals surface area (Å²) >= 11 is 0. The van der Waals surface area contributed by atoms with Gasteiger partial charge >= 0.3 is 11.9 Å². The van der Waals surface area contributed by atoms with Crippen molar-refractivity contribution in [1.29, 1.82) is 0 Å². The van der Waals surface area contributed by atoms with Gasteiger partial charge in [-0.05, 0) is 51.0 Å². The maximum atomic E-state index is 11.4. The molecule has 1 fully saturated rings. The molecule has 25 heavy (non-hydrogen) atoms. The van der Waals surface area contributed by atoms with E-state index >= 15 is 0 Å². The molecule has 0 heterocycles. The van der Waals surface area contributed by atoms with Gasteiger partial charge in [0, 0.05) is 5.92 Å². The molecule has 6 heteroatoms. The van der Waals surface area contributed by atoms with Crippen LogP contribution >= 0.6 is 0 Å². The number of allylic oxidation sites excluding steroid dienone is 2. The first-order valence-electron chi connectivity index (χ1n) is 8.47. The Morgan fingerprint density at radius 1 is 1.12 bits per heavy atom. The number of carbonyl (C=O) groups is 2. The number of carboxylic acids is 2. The summed E-state index contributed by atoms with van der Waals surface area (Å²) in [5.74, 6) is -1.99. The average Bonchev–Trinajstić information content (AvgIpc) is 2.58. The Bertz CT molecular complexity index is 712. The minimum Gasteiger partial charge on any atom is -0.478 e. The first-order chi connectivity index (χ1) is 11.9. The maximum absolute atomic E-state index is 11.4. The number of nitrogens with one attached hydrogen (secondary N) is 1. The third-order valence-corrected chi connectivity index (χ3v) is 4.26. The highest BCUT2D eigenvalue weighted by atomic mass is 16.4. The van der Waals surface area contributed by atoms with Crippen molar-refractivity contribution < 1.29 is 19.8 Å². The van der Waals surface area contributed by atoms with Gasteiger partial charge in [-0.1, -0.05) is 24.8 Å². The summed E-state index contributed by atoms with van der Waals surface area (Å²) in [4.78, 5) is 22.5. The van der Waals surface area contributed by atoms with Crippen LogP contribution in [0.4, 0.5) is 5.69 Å². The predicted molar refractivity (Wildman–Crippen MR) is 97.4 cm³/mol. The fraction of sp³-hybridized carbons (Fsp3) is 0.421. The number of benzene rings is 1. The van der Waals surface area contributed by atoms with E-state index in [2.05, 4.69) is 10.5 Å². The molecule has 1 aromatic carbocycles. The number of hydrogen-bond acceptors (Lipinski definition) is 4. The second-order valence-corrected chi connectivity index (χ2v) is 6.58. The van der Waals surface area contributed by atoms with Crippen molar-refractivity contribution >= 4 is 23.3 Å². The zero-order valence-corrected chi connectivity index (χ0v) is 14.6.